The summed E-state index contributed by atoms with van der Waals surface area (Å²) in [7, 11) is 0. The van der Waals surface area contributed by atoms with Crippen LogP contribution in [0, 0.1) is 0 Å². The topological polar surface area (TPSA) is 66.1 Å². The fourth-order valence-electron chi connectivity index (χ4n) is 4.47. The second-order valence-electron chi connectivity index (χ2n) is 8.11. The van der Waals surface area contributed by atoms with E-state index in [9.17, 15) is 4.79 Å². The van der Waals surface area contributed by atoms with E-state index in [0.29, 0.717) is 17.2 Å². The van der Waals surface area contributed by atoms with Gasteiger partial charge < -0.3 is 0 Å². The Morgan fingerprint density at radius 2 is 1.48 bits per heavy atom. The Labute approximate surface area is 190 Å². The van der Waals surface area contributed by atoms with Gasteiger partial charge in [0.1, 0.15) is 17.4 Å². The van der Waals surface area contributed by atoms with Gasteiger partial charge in [0.2, 0.25) is 0 Å². The normalized spacial score (nSPS) is 15.1. The van der Waals surface area contributed by atoms with Gasteiger partial charge in [0.25, 0.3) is 0 Å². The number of nitrogens with one attached hydrogen (secondary N) is 2. The number of hydrogen-bond donors (Lipinski definition) is 2. The highest BCUT2D eigenvalue weighted by atomic mass is 16.1. The fraction of sp³-hybridized carbons (Fsp3) is 0.0741. The van der Waals surface area contributed by atoms with E-state index in [1.165, 1.54) is 0 Å². The van der Waals surface area contributed by atoms with Crippen molar-refractivity contribution in [1.82, 2.24) is 14.5 Å². The number of carbonyl (C=O) groups is 1. The van der Waals surface area contributed by atoms with Gasteiger partial charge in [-0.2, -0.15) is 14.5 Å². The Bertz CT molecular complexity index is 1500. The van der Waals surface area contributed by atoms with Crippen molar-refractivity contribution in [1.29, 1.82) is 0 Å². The average molecular weight is 433 g/mol. The molecule has 5 aromatic rings. The summed E-state index contributed by atoms with van der Waals surface area (Å²) >= 11 is 0. The molecule has 6 rings (SSSR count). The largest absolute Gasteiger partial charge is 0.389 e. The molecule has 160 valence electrons. The summed E-state index contributed by atoms with van der Waals surface area (Å²) in [6, 6.07) is 30.3. The first-order valence-corrected chi connectivity index (χ1v) is 10.9. The number of H-pyrrole nitrogens is 1. The van der Waals surface area contributed by atoms with Gasteiger partial charge in [-0.15, -0.1) is 4.68 Å². The summed E-state index contributed by atoms with van der Waals surface area (Å²) < 4.78 is 3.87. The van der Waals surface area contributed by atoms with E-state index in [1.54, 1.807) is 6.92 Å². The van der Waals surface area contributed by atoms with E-state index in [-0.39, 0.29) is 11.8 Å². The van der Waals surface area contributed by atoms with Crippen LogP contribution in [-0.2, 0) is 0 Å². The number of fused-ring (bicyclic) bond motifs is 3. The molecule has 2 N–H and O–H groups in total. The van der Waals surface area contributed by atoms with Crippen LogP contribution >= 0.6 is 0 Å². The molecule has 0 fully saturated rings. The molecule has 6 heteroatoms. The third kappa shape index (κ3) is 3.15. The van der Waals surface area contributed by atoms with E-state index in [4.69, 9.17) is 4.98 Å². The SMILES string of the molecule is CC(=O)c1c(-c2ccccc2)nc2[nH][n+]3c(n12)NC(c1ccccc1)C=C3c1ccccc1. The Balaban J connectivity index is 1.61. The number of nitrogens with zero attached hydrogens (tertiary/aromatic N) is 3. The summed E-state index contributed by atoms with van der Waals surface area (Å²) in [5.41, 5.74) is 5.34. The van der Waals surface area contributed by atoms with E-state index < -0.39 is 0 Å². The number of anilines is 1. The molecule has 6 nitrogen and oxygen atoms in total. The molecule has 3 aromatic carbocycles. The minimum absolute atomic E-state index is 0.0439. The predicted octanol–water partition coefficient (Wildman–Crippen LogP) is 4.88. The molecule has 2 aromatic heterocycles. The molecule has 1 unspecified atom stereocenters. The van der Waals surface area contributed by atoms with Crippen LogP contribution in [0.3, 0.4) is 0 Å². The molecule has 0 bridgehead atoms. The third-order valence-corrected chi connectivity index (χ3v) is 5.97. The third-order valence-electron chi connectivity index (χ3n) is 5.97. The van der Waals surface area contributed by atoms with Crippen molar-refractivity contribution in [2.45, 2.75) is 13.0 Å². The lowest BCUT2D eigenvalue weighted by Gasteiger charge is -2.19. The molecular formula is C27H22N5O+. The number of Topliss-reactive ketones (excluding diaryl/α,β-unsaturated/α-hetero) is 1. The fourth-order valence-corrected chi connectivity index (χ4v) is 4.47. The molecule has 1 aliphatic heterocycles. The van der Waals surface area contributed by atoms with Gasteiger partial charge in [0, 0.05) is 18.1 Å². The first kappa shape index (κ1) is 19.3. The maximum Gasteiger partial charge on any atom is 0.389 e. The van der Waals surface area contributed by atoms with Crippen LogP contribution in [0.4, 0.5) is 5.95 Å². The van der Waals surface area contributed by atoms with Gasteiger partial charge in [-0.1, -0.05) is 91.0 Å². The Kier molecular flexibility index (Phi) is 4.43. The van der Waals surface area contributed by atoms with Crippen molar-refractivity contribution in [3.8, 4) is 11.3 Å². The van der Waals surface area contributed by atoms with Crippen molar-refractivity contribution >= 4 is 23.2 Å². The molecule has 0 spiro atoms. The summed E-state index contributed by atoms with van der Waals surface area (Å²) in [4.78, 5) is 17.7. The van der Waals surface area contributed by atoms with Gasteiger partial charge in [-0.25, -0.2) is 0 Å². The molecule has 0 radical (unpaired) electrons. The highest BCUT2D eigenvalue weighted by molar-refractivity contribution is 5.99. The van der Waals surface area contributed by atoms with Crippen LogP contribution in [-0.4, -0.2) is 20.3 Å². The Morgan fingerprint density at radius 1 is 0.879 bits per heavy atom. The standard InChI is InChI=1S/C27H21N5O/c1-18(33)25-24(21-15-9-4-10-16-21)29-26-30-32-23(20-13-7-3-8-14-20)17-22(28-27(32)31(25)26)19-11-5-2-6-12-19/h2-17,22H,1H3,(H,29,30,33)/p+1. The van der Waals surface area contributed by atoms with Crippen LogP contribution < -0.4 is 10.00 Å². The first-order chi connectivity index (χ1) is 16.2. The van der Waals surface area contributed by atoms with Gasteiger partial charge >= 0.3 is 11.7 Å². The lowest BCUT2D eigenvalue weighted by molar-refractivity contribution is -0.627. The molecule has 0 amide bonds. The average Bonchev–Trinajstić information content (AvgIpc) is 3.41. The zero-order chi connectivity index (χ0) is 22.4. The van der Waals surface area contributed by atoms with E-state index in [1.807, 2.05) is 75.8 Å². The molecule has 1 aliphatic rings. The zero-order valence-electron chi connectivity index (χ0n) is 18.1. The summed E-state index contributed by atoms with van der Waals surface area (Å²) in [6.07, 6.45) is 2.19. The summed E-state index contributed by atoms with van der Waals surface area (Å²) in [5.74, 6) is 1.33. The van der Waals surface area contributed by atoms with Crippen molar-refractivity contribution in [3.05, 3.63) is 114 Å². The highest BCUT2D eigenvalue weighted by Gasteiger charge is 2.35. The van der Waals surface area contributed by atoms with Crippen LogP contribution in [0.25, 0.3) is 22.7 Å². The van der Waals surface area contributed by atoms with Crippen LogP contribution in [0.2, 0.25) is 0 Å². The Hall–Kier alpha value is -4.45. The minimum Gasteiger partial charge on any atom is -0.291 e. The number of imidazole rings is 1. The lowest BCUT2D eigenvalue weighted by Crippen LogP contribution is -2.42. The number of benzene rings is 3. The van der Waals surface area contributed by atoms with Gasteiger partial charge in [0.15, 0.2) is 11.5 Å². The maximum absolute atomic E-state index is 12.9. The van der Waals surface area contributed by atoms with Gasteiger partial charge in [-0.05, 0) is 11.6 Å². The second-order valence-corrected chi connectivity index (χ2v) is 8.11. The molecule has 3 heterocycles. The monoisotopic (exact) mass is 432 g/mol. The predicted molar refractivity (Wildman–Crippen MR) is 128 cm³/mol. The molecular weight excluding hydrogens is 410 g/mol. The van der Waals surface area contributed by atoms with Crippen molar-refractivity contribution in [3.63, 3.8) is 0 Å². The number of rotatable bonds is 4. The molecule has 1 atom stereocenters. The van der Waals surface area contributed by atoms with Gasteiger partial charge in [0.05, 0.1) is 0 Å². The zero-order valence-corrected chi connectivity index (χ0v) is 18.1. The number of aromatic amines is 1. The van der Waals surface area contributed by atoms with Crippen LogP contribution in [0.1, 0.15) is 34.6 Å². The van der Waals surface area contributed by atoms with Crippen LogP contribution in [0.5, 0.6) is 0 Å². The molecule has 0 saturated carbocycles. The summed E-state index contributed by atoms with van der Waals surface area (Å²) in [6.45, 7) is 1.59. The number of aromatic nitrogens is 4. The van der Waals surface area contributed by atoms with Crippen LogP contribution in [0.15, 0.2) is 97.1 Å². The number of ketones is 1. The second kappa shape index (κ2) is 7.60. The Morgan fingerprint density at radius 3 is 2.12 bits per heavy atom. The van der Waals surface area contributed by atoms with E-state index >= 15 is 0 Å². The molecule has 33 heavy (non-hydrogen) atoms. The van der Waals surface area contributed by atoms with E-state index in [0.717, 1.165) is 28.3 Å². The van der Waals surface area contributed by atoms with Crippen molar-refractivity contribution in [2.24, 2.45) is 0 Å². The van der Waals surface area contributed by atoms with Gasteiger partial charge in [-0.3, -0.25) is 10.1 Å². The van der Waals surface area contributed by atoms with E-state index in [2.05, 4.69) is 40.8 Å². The minimum atomic E-state index is -0.0669. The van der Waals surface area contributed by atoms with Crippen molar-refractivity contribution < 1.29 is 9.48 Å². The van der Waals surface area contributed by atoms with Crippen molar-refractivity contribution in [2.75, 3.05) is 5.32 Å². The maximum atomic E-state index is 12.9. The smallest absolute Gasteiger partial charge is 0.291 e. The number of hydrogen-bond acceptors (Lipinski definition) is 3. The number of carbonyl (C=O) groups excluding carboxylic acids is 1. The summed E-state index contributed by atoms with van der Waals surface area (Å²) in [5, 5.41) is 7.03. The first-order valence-electron chi connectivity index (χ1n) is 10.9. The highest BCUT2D eigenvalue weighted by Crippen LogP contribution is 2.32. The lowest BCUT2D eigenvalue weighted by atomic mass is 10.0. The molecule has 0 saturated heterocycles. The quantitative estimate of drug-likeness (QED) is 0.314. The molecule has 0 aliphatic carbocycles.